The van der Waals surface area contributed by atoms with E-state index in [0.29, 0.717) is 6.42 Å². The fourth-order valence-corrected chi connectivity index (χ4v) is 1.42. The van der Waals surface area contributed by atoms with E-state index in [9.17, 15) is 9.59 Å². The second-order valence-electron chi connectivity index (χ2n) is 4.90. The molecule has 0 spiro atoms. The molecule has 7 heteroatoms. The van der Waals surface area contributed by atoms with Crippen LogP contribution < -0.4 is 0 Å². The molecule has 1 aliphatic heterocycles. The van der Waals surface area contributed by atoms with Crippen molar-refractivity contribution in [2.45, 2.75) is 39.2 Å². The standard InChI is InChI=1S/C11H17N3O4/c1-4-10(2,3)8(15)18-11(7-13-14-12)5-6-17-9(11)16/h4-7H2,1-3H3. The van der Waals surface area contributed by atoms with Crippen LogP contribution in [-0.4, -0.2) is 30.7 Å². The van der Waals surface area contributed by atoms with Crippen molar-refractivity contribution < 1.29 is 19.1 Å². The Kier molecular flexibility index (Phi) is 4.19. The number of rotatable bonds is 5. The number of nitrogens with zero attached hydrogens (tertiary/aromatic N) is 3. The van der Waals surface area contributed by atoms with Crippen molar-refractivity contribution in [1.29, 1.82) is 0 Å². The molecule has 1 aliphatic rings. The maximum atomic E-state index is 12.0. The summed E-state index contributed by atoms with van der Waals surface area (Å²) in [6, 6.07) is 0. The Hall–Kier alpha value is -1.75. The highest BCUT2D eigenvalue weighted by atomic mass is 16.6. The summed E-state index contributed by atoms with van der Waals surface area (Å²) in [5, 5.41) is 3.34. The summed E-state index contributed by atoms with van der Waals surface area (Å²) in [5.74, 6) is -1.13. The number of hydrogen-bond donors (Lipinski definition) is 0. The third kappa shape index (κ3) is 2.73. The molecule has 7 nitrogen and oxygen atoms in total. The van der Waals surface area contributed by atoms with Crippen molar-refractivity contribution in [2.75, 3.05) is 13.2 Å². The van der Waals surface area contributed by atoms with Gasteiger partial charge in [-0.05, 0) is 25.8 Å². The van der Waals surface area contributed by atoms with Gasteiger partial charge in [-0.2, -0.15) is 0 Å². The van der Waals surface area contributed by atoms with Gasteiger partial charge < -0.3 is 9.47 Å². The van der Waals surface area contributed by atoms with Gasteiger partial charge in [-0.25, -0.2) is 4.79 Å². The normalized spacial score (nSPS) is 23.2. The van der Waals surface area contributed by atoms with Crippen LogP contribution in [0.3, 0.4) is 0 Å². The van der Waals surface area contributed by atoms with Gasteiger partial charge in [0.1, 0.15) is 0 Å². The van der Waals surface area contributed by atoms with E-state index in [1.165, 1.54) is 0 Å². The molecular formula is C11H17N3O4. The Labute approximate surface area is 105 Å². The van der Waals surface area contributed by atoms with E-state index in [2.05, 4.69) is 10.0 Å². The lowest BCUT2D eigenvalue weighted by Gasteiger charge is -2.28. The van der Waals surface area contributed by atoms with Gasteiger partial charge in [0.15, 0.2) is 0 Å². The Balaban J connectivity index is 2.90. The highest BCUT2D eigenvalue weighted by Gasteiger charge is 2.49. The number of hydrogen-bond acceptors (Lipinski definition) is 5. The average Bonchev–Trinajstić information content (AvgIpc) is 2.68. The quantitative estimate of drug-likeness (QED) is 0.324. The van der Waals surface area contributed by atoms with Gasteiger partial charge >= 0.3 is 11.9 Å². The summed E-state index contributed by atoms with van der Waals surface area (Å²) in [6.45, 7) is 5.26. The van der Waals surface area contributed by atoms with Crippen LogP contribution in [0.5, 0.6) is 0 Å². The maximum absolute atomic E-state index is 12.0. The highest BCUT2D eigenvalue weighted by Crippen LogP contribution is 2.30. The van der Waals surface area contributed by atoms with Crippen molar-refractivity contribution in [3.8, 4) is 0 Å². The number of azide groups is 1. The number of cyclic esters (lactones) is 1. The number of carbonyl (C=O) groups is 2. The van der Waals surface area contributed by atoms with Gasteiger partial charge in [0, 0.05) is 11.3 Å². The summed E-state index contributed by atoms with van der Waals surface area (Å²) in [5.41, 5.74) is 6.20. The molecule has 1 fully saturated rings. The van der Waals surface area contributed by atoms with Crippen molar-refractivity contribution in [2.24, 2.45) is 10.5 Å². The second kappa shape index (κ2) is 5.27. The van der Waals surface area contributed by atoms with E-state index < -0.39 is 23.0 Å². The van der Waals surface area contributed by atoms with Crippen LogP contribution in [0.25, 0.3) is 10.4 Å². The largest absolute Gasteiger partial charge is 0.463 e. The van der Waals surface area contributed by atoms with Gasteiger partial charge in [-0.1, -0.05) is 12.0 Å². The summed E-state index contributed by atoms with van der Waals surface area (Å²) >= 11 is 0. The molecule has 18 heavy (non-hydrogen) atoms. The smallest absolute Gasteiger partial charge is 0.350 e. The molecule has 0 saturated carbocycles. The minimum Gasteiger partial charge on any atom is -0.463 e. The Morgan fingerprint density at radius 2 is 2.33 bits per heavy atom. The van der Waals surface area contributed by atoms with Crippen LogP contribution in [0.4, 0.5) is 0 Å². The molecule has 0 N–H and O–H groups in total. The molecule has 1 rings (SSSR count). The lowest BCUT2D eigenvalue weighted by atomic mass is 9.90. The van der Waals surface area contributed by atoms with Crippen LogP contribution in [0, 0.1) is 5.41 Å². The molecule has 1 atom stereocenters. The Morgan fingerprint density at radius 3 is 2.78 bits per heavy atom. The molecule has 1 saturated heterocycles. The highest BCUT2D eigenvalue weighted by molar-refractivity contribution is 5.86. The van der Waals surface area contributed by atoms with Crippen molar-refractivity contribution in [3.63, 3.8) is 0 Å². The molecule has 0 aromatic heterocycles. The first-order valence-electron chi connectivity index (χ1n) is 5.79. The lowest BCUT2D eigenvalue weighted by molar-refractivity contribution is -0.178. The van der Waals surface area contributed by atoms with Crippen LogP contribution in [-0.2, 0) is 19.1 Å². The molecule has 0 aromatic rings. The summed E-state index contributed by atoms with van der Waals surface area (Å²) in [7, 11) is 0. The van der Waals surface area contributed by atoms with Crippen LogP contribution in [0.1, 0.15) is 33.6 Å². The summed E-state index contributed by atoms with van der Waals surface area (Å²) in [6.07, 6.45) is 0.800. The van der Waals surface area contributed by atoms with Gasteiger partial charge in [0.05, 0.1) is 18.6 Å². The monoisotopic (exact) mass is 255 g/mol. The summed E-state index contributed by atoms with van der Waals surface area (Å²) in [4.78, 5) is 26.3. The molecule has 1 unspecified atom stereocenters. The Bertz CT molecular complexity index is 401. The third-order valence-electron chi connectivity index (χ3n) is 3.22. The SMILES string of the molecule is CCC(C)(C)C(=O)OC1(CN=[N+]=[N-])CCOC1=O. The van der Waals surface area contributed by atoms with E-state index in [1.807, 2.05) is 6.92 Å². The zero-order chi connectivity index (χ0) is 13.8. The van der Waals surface area contributed by atoms with Crippen molar-refractivity contribution in [3.05, 3.63) is 10.4 Å². The van der Waals surface area contributed by atoms with Crippen molar-refractivity contribution >= 4 is 11.9 Å². The molecule has 0 radical (unpaired) electrons. The second-order valence-corrected chi connectivity index (χ2v) is 4.90. The Morgan fingerprint density at radius 1 is 1.67 bits per heavy atom. The minimum absolute atomic E-state index is 0.166. The average molecular weight is 255 g/mol. The predicted octanol–water partition coefficient (Wildman–Crippen LogP) is 1.96. The first kappa shape index (κ1) is 14.3. The van der Waals surface area contributed by atoms with Gasteiger partial charge in [-0.3, -0.25) is 4.79 Å². The van der Waals surface area contributed by atoms with Crippen LogP contribution in [0.2, 0.25) is 0 Å². The predicted molar refractivity (Wildman–Crippen MR) is 62.5 cm³/mol. The molecule has 100 valence electrons. The van der Waals surface area contributed by atoms with Crippen LogP contribution >= 0.6 is 0 Å². The van der Waals surface area contributed by atoms with E-state index in [4.69, 9.17) is 15.0 Å². The van der Waals surface area contributed by atoms with E-state index in [0.717, 1.165) is 0 Å². The molecule has 0 amide bonds. The van der Waals surface area contributed by atoms with Crippen molar-refractivity contribution in [1.82, 2.24) is 0 Å². The molecule has 0 aliphatic carbocycles. The number of ether oxygens (including phenoxy) is 2. The van der Waals surface area contributed by atoms with E-state index >= 15 is 0 Å². The van der Waals surface area contributed by atoms with Gasteiger partial charge in [0.2, 0.25) is 5.60 Å². The maximum Gasteiger partial charge on any atom is 0.350 e. The number of esters is 2. The summed E-state index contributed by atoms with van der Waals surface area (Å²) < 4.78 is 10.1. The van der Waals surface area contributed by atoms with E-state index in [1.54, 1.807) is 13.8 Å². The van der Waals surface area contributed by atoms with Gasteiger partial charge in [0.25, 0.3) is 0 Å². The van der Waals surface area contributed by atoms with E-state index in [-0.39, 0.29) is 19.6 Å². The zero-order valence-corrected chi connectivity index (χ0v) is 10.8. The van der Waals surface area contributed by atoms with Crippen LogP contribution in [0.15, 0.2) is 5.11 Å². The fourth-order valence-electron chi connectivity index (χ4n) is 1.42. The topological polar surface area (TPSA) is 101 Å². The zero-order valence-electron chi connectivity index (χ0n) is 10.8. The molecular weight excluding hydrogens is 238 g/mol. The molecule has 0 aromatic carbocycles. The number of carbonyl (C=O) groups excluding carboxylic acids is 2. The fraction of sp³-hybridized carbons (Fsp3) is 0.818. The first-order chi connectivity index (χ1) is 8.38. The first-order valence-corrected chi connectivity index (χ1v) is 5.79. The minimum atomic E-state index is -1.45. The molecule has 0 bridgehead atoms. The third-order valence-corrected chi connectivity index (χ3v) is 3.22. The lowest BCUT2D eigenvalue weighted by Crippen LogP contribution is -2.45. The van der Waals surface area contributed by atoms with Gasteiger partial charge in [-0.15, -0.1) is 0 Å². The molecule has 1 heterocycles.